The molecular formula is C15H21N3O. The van der Waals surface area contributed by atoms with Gasteiger partial charge in [0.2, 0.25) is 0 Å². The fourth-order valence-corrected chi connectivity index (χ4v) is 2.23. The highest BCUT2D eigenvalue weighted by Gasteiger charge is 2.20. The van der Waals surface area contributed by atoms with Gasteiger partial charge < -0.3 is 15.7 Å². The van der Waals surface area contributed by atoms with Gasteiger partial charge in [-0.05, 0) is 35.5 Å². The molecule has 1 aromatic heterocycles. The number of nitrogens with zero attached hydrogens (tertiary/aromatic N) is 2. The summed E-state index contributed by atoms with van der Waals surface area (Å²) in [7, 11) is 2.00. The lowest BCUT2D eigenvalue weighted by atomic mass is 9.93. The van der Waals surface area contributed by atoms with E-state index in [2.05, 4.69) is 23.7 Å². The molecule has 0 aliphatic rings. The van der Waals surface area contributed by atoms with Crippen molar-refractivity contribution >= 4 is 16.6 Å². The van der Waals surface area contributed by atoms with Crippen LogP contribution in [0.2, 0.25) is 0 Å². The van der Waals surface area contributed by atoms with Crippen molar-refractivity contribution in [2.24, 2.45) is 11.1 Å². The first kappa shape index (κ1) is 13.6. The maximum absolute atomic E-state index is 9.65. The number of anilines is 1. The zero-order valence-electron chi connectivity index (χ0n) is 11.7. The molecule has 0 saturated carbocycles. The lowest BCUT2D eigenvalue weighted by Gasteiger charge is -2.30. The van der Waals surface area contributed by atoms with E-state index in [0.29, 0.717) is 6.54 Å². The fraction of sp³-hybridized carbons (Fsp3) is 0.400. The zero-order chi connectivity index (χ0) is 14.0. The Balaban J connectivity index is 2.42. The number of pyridine rings is 1. The van der Waals surface area contributed by atoms with Crippen LogP contribution in [0.3, 0.4) is 0 Å². The molecule has 0 aliphatic carbocycles. The van der Waals surface area contributed by atoms with Gasteiger partial charge in [-0.15, -0.1) is 0 Å². The minimum atomic E-state index is 0.0232. The number of phenolic OH excluding ortho intramolecular Hbond substituents is 1. The number of hydrogen-bond donors (Lipinski definition) is 2. The lowest BCUT2D eigenvalue weighted by Crippen LogP contribution is -2.37. The molecule has 19 heavy (non-hydrogen) atoms. The molecule has 0 bridgehead atoms. The Bertz CT molecular complexity index is 581. The van der Waals surface area contributed by atoms with E-state index in [1.807, 2.05) is 19.2 Å². The number of benzene rings is 1. The molecule has 0 spiro atoms. The second-order valence-electron chi connectivity index (χ2n) is 5.76. The van der Waals surface area contributed by atoms with Crippen LogP contribution < -0.4 is 10.6 Å². The van der Waals surface area contributed by atoms with E-state index >= 15 is 0 Å². The average molecular weight is 259 g/mol. The second kappa shape index (κ2) is 5.05. The van der Waals surface area contributed by atoms with Crippen LogP contribution in [0.15, 0.2) is 30.5 Å². The number of rotatable bonds is 4. The predicted octanol–water partition coefficient (Wildman–Crippen LogP) is 2.36. The first-order chi connectivity index (χ1) is 8.93. The van der Waals surface area contributed by atoms with E-state index in [4.69, 9.17) is 5.73 Å². The van der Waals surface area contributed by atoms with Crippen LogP contribution >= 0.6 is 0 Å². The van der Waals surface area contributed by atoms with Crippen LogP contribution in [-0.2, 0) is 0 Å². The summed E-state index contributed by atoms with van der Waals surface area (Å²) >= 11 is 0. The molecule has 4 nitrogen and oxygen atoms in total. The van der Waals surface area contributed by atoms with Gasteiger partial charge in [0.25, 0.3) is 0 Å². The number of aromatic nitrogens is 1. The van der Waals surface area contributed by atoms with Crippen molar-refractivity contribution in [3.05, 3.63) is 30.5 Å². The SMILES string of the molecule is CN(CC(C)(C)CN)c1nccc2ccc(O)cc12. The Morgan fingerprint density at radius 1 is 1.32 bits per heavy atom. The summed E-state index contributed by atoms with van der Waals surface area (Å²) in [5.74, 6) is 1.13. The molecule has 0 aliphatic heterocycles. The average Bonchev–Trinajstić information content (AvgIpc) is 2.37. The third-order valence-electron chi connectivity index (χ3n) is 3.31. The van der Waals surface area contributed by atoms with E-state index in [-0.39, 0.29) is 11.2 Å². The highest BCUT2D eigenvalue weighted by molar-refractivity contribution is 5.93. The normalized spacial score (nSPS) is 11.8. The molecule has 0 amide bonds. The molecule has 0 unspecified atom stereocenters. The van der Waals surface area contributed by atoms with Crippen LogP contribution in [0.5, 0.6) is 5.75 Å². The first-order valence-electron chi connectivity index (χ1n) is 6.42. The van der Waals surface area contributed by atoms with Crippen molar-refractivity contribution < 1.29 is 5.11 Å². The highest BCUT2D eigenvalue weighted by atomic mass is 16.3. The molecule has 2 rings (SSSR count). The maximum Gasteiger partial charge on any atom is 0.136 e. The van der Waals surface area contributed by atoms with Crippen molar-refractivity contribution in [2.75, 3.05) is 25.0 Å². The summed E-state index contributed by atoms with van der Waals surface area (Å²) in [5, 5.41) is 11.7. The van der Waals surface area contributed by atoms with Gasteiger partial charge in [0.1, 0.15) is 11.6 Å². The van der Waals surface area contributed by atoms with Gasteiger partial charge in [-0.25, -0.2) is 4.98 Å². The van der Waals surface area contributed by atoms with Crippen LogP contribution in [0.25, 0.3) is 10.8 Å². The fourth-order valence-electron chi connectivity index (χ4n) is 2.23. The maximum atomic E-state index is 9.65. The molecule has 0 saturated heterocycles. The second-order valence-corrected chi connectivity index (χ2v) is 5.76. The quantitative estimate of drug-likeness (QED) is 0.885. The largest absolute Gasteiger partial charge is 0.508 e. The van der Waals surface area contributed by atoms with Crippen molar-refractivity contribution in [1.82, 2.24) is 4.98 Å². The van der Waals surface area contributed by atoms with Gasteiger partial charge in [-0.1, -0.05) is 19.9 Å². The standard InChI is InChI=1S/C15H21N3O/c1-15(2,9-16)10-18(3)14-13-8-12(19)5-4-11(13)6-7-17-14/h4-8,19H,9-10,16H2,1-3H3. The summed E-state index contributed by atoms with van der Waals surface area (Å²) in [6.45, 7) is 5.69. The molecule has 102 valence electrons. The lowest BCUT2D eigenvalue weighted by molar-refractivity contribution is 0.384. The van der Waals surface area contributed by atoms with Gasteiger partial charge in [0.05, 0.1) is 0 Å². The van der Waals surface area contributed by atoms with E-state index in [1.54, 1.807) is 18.3 Å². The van der Waals surface area contributed by atoms with E-state index < -0.39 is 0 Å². The monoisotopic (exact) mass is 259 g/mol. The summed E-state index contributed by atoms with van der Waals surface area (Å²) in [6.07, 6.45) is 1.79. The summed E-state index contributed by atoms with van der Waals surface area (Å²) < 4.78 is 0. The van der Waals surface area contributed by atoms with Gasteiger partial charge >= 0.3 is 0 Å². The Morgan fingerprint density at radius 3 is 2.74 bits per heavy atom. The van der Waals surface area contributed by atoms with E-state index in [9.17, 15) is 5.11 Å². The van der Waals surface area contributed by atoms with Gasteiger partial charge in [-0.2, -0.15) is 0 Å². The number of hydrogen-bond acceptors (Lipinski definition) is 4. The minimum Gasteiger partial charge on any atom is -0.508 e. The first-order valence-corrected chi connectivity index (χ1v) is 6.42. The molecule has 0 radical (unpaired) electrons. The minimum absolute atomic E-state index is 0.0232. The molecule has 1 heterocycles. The molecular weight excluding hydrogens is 238 g/mol. The van der Waals surface area contributed by atoms with Crippen LogP contribution in [0, 0.1) is 5.41 Å². The Hall–Kier alpha value is -1.81. The van der Waals surface area contributed by atoms with Crippen LogP contribution in [0.4, 0.5) is 5.82 Å². The predicted molar refractivity (Wildman–Crippen MR) is 79.5 cm³/mol. The molecule has 2 aromatic rings. The Morgan fingerprint density at radius 2 is 2.05 bits per heavy atom. The number of fused-ring (bicyclic) bond motifs is 1. The van der Waals surface area contributed by atoms with Crippen LogP contribution in [-0.4, -0.2) is 30.2 Å². The van der Waals surface area contributed by atoms with Crippen molar-refractivity contribution in [1.29, 1.82) is 0 Å². The highest BCUT2D eigenvalue weighted by Crippen LogP contribution is 2.28. The van der Waals surface area contributed by atoms with Crippen molar-refractivity contribution in [3.8, 4) is 5.75 Å². The number of phenols is 1. The summed E-state index contributed by atoms with van der Waals surface area (Å²) in [5.41, 5.74) is 5.81. The zero-order valence-corrected chi connectivity index (χ0v) is 11.7. The summed E-state index contributed by atoms with van der Waals surface area (Å²) in [4.78, 5) is 6.53. The van der Waals surface area contributed by atoms with Gasteiger partial charge in [0.15, 0.2) is 0 Å². The summed E-state index contributed by atoms with van der Waals surface area (Å²) in [6, 6.07) is 7.29. The van der Waals surface area contributed by atoms with E-state index in [1.165, 1.54) is 0 Å². The smallest absolute Gasteiger partial charge is 0.136 e. The van der Waals surface area contributed by atoms with E-state index in [0.717, 1.165) is 23.1 Å². The third kappa shape index (κ3) is 2.96. The molecule has 0 fully saturated rings. The molecule has 3 N–H and O–H groups in total. The van der Waals surface area contributed by atoms with Crippen molar-refractivity contribution in [2.45, 2.75) is 13.8 Å². The topological polar surface area (TPSA) is 62.4 Å². The Labute approximate surface area is 113 Å². The van der Waals surface area contributed by atoms with Crippen molar-refractivity contribution in [3.63, 3.8) is 0 Å². The van der Waals surface area contributed by atoms with Gasteiger partial charge in [-0.3, -0.25) is 0 Å². The molecule has 0 atom stereocenters. The number of aromatic hydroxyl groups is 1. The Kier molecular flexibility index (Phi) is 3.62. The molecule has 4 heteroatoms. The van der Waals surface area contributed by atoms with Gasteiger partial charge in [0, 0.05) is 25.2 Å². The number of nitrogens with two attached hydrogens (primary N) is 1. The third-order valence-corrected chi connectivity index (χ3v) is 3.31. The molecule has 1 aromatic carbocycles. The van der Waals surface area contributed by atoms with Crippen LogP contribution in [0.1, 0.15) is 13.8 Å².